The SMILES string of the molecule is c1ccc(-c2cc(-c3ccccc3)cc(C3Cc4ccc(-c5ccc6c(c5)c5ccccc5n6-c5cccc6c5-c5ccccc5CO6)cc4-c4ccccc43)c2)cc1. The minimum absolute atomic E-state index is 0.235. The zero-order valence-electron chi connectivity index (χ0n) is 32.5. The molecule has 0 bridgehead atoms. The maximum absolute atomic E-state index is 6.33. The topological polar surface area (TPSA) is 14.2 Å². The molecule has 0 radical (unpaired) electrons. The second-order valence-electron chi connectivity index (χ2n) is 16.0. The standard InChI is InChI=1S/C57H39NO/c1-3-14-37(15-4-1)43-30-44(38-16-5-2-6-17-38)32-45(31-43)51-35-41-27-26-39(33-50(41)47-20-9-10-21-48(47)51)40-28-29-54-52(34-40)49-22-11-12-23-53(49)58(54)55-24-13-25-56-57(55)46-19-8-7-18-42(46)36-59-56/h1-34,51H,35-36H2. The third-order valence-electron chi connectivity index (χ3n) is 12.7. The highest BCUT2D eigenvalue weighted by atomic mass is 16.5. The second-order valence-corrected chi connectivity index (χ2v) is 16.0. The number of para-hydroxylation sites is 1. The molecule has 0 saturated heterocycles. The highest BCUT2D eigenvalue weighted by Crippen LogP contribution is 2.47. The number of ether oxygens (including phenoxy) is 1. The number of fused-ring (bicyclic) bond motifs is 9. The summed E-state index contributed by atoms with van der Waals surface area (Å²) >= 11 is 0. The van der Waals surface area contributed by atoms with E-state index in [2.05, 4.69) is 211 Å². The molecule has 1 unspecified atom stereocenters. The van der Waals surface area contributed by atoms with E-state index in [1.165, 1.54) is 94.1 Å². The lowest BCUT2D eigenvalue weighted by atomic mass is 9.74. The van der Waals surface area contributed by atoms with Gasteiger partial charge in [0.1, 0.15) is 12.4 Å². The first-order valence-corrected chi connectivity index (χ1v) is 20.6. The molecule has 2 heteroatoms. The number of benzene rings is 9. The summed E-state index contributed by atoms with van der Waals surface area (Å²) in [6.07, 6.45) is 0.944. The lowest BCUT2D eigenvalue weighted by molar-refractivity contribution is 0.302. The van der Waals surface area contributed by atoms with E-state index in [9.17, 15) is 0 Å². The normalized spacial score (nSPS) is 13.9. The molecule has 9 aromatic carbocycles. The van der Waals surface area contributed by atoms with E-state index in [1.54, 1.807) is 0 Å². The van der Waals surface area contributed by atoms with Crippen molar-refractivity contribution >= 4 is 21.8 Å². The molecule has 12 rings (SSSR count). The van der Waals surface area contributed by atoms with Gasteiger partial charge in [-0.2, -0.15) is 0 Å². The van der Waals surface area contributed by atoms with Gasteiger partial charge < -0.3 is 9.30 Å². The van der Waals surface area contributed by atoms with Gasteiger partial charge in [-0.3, -0.25) is 0 Å². The number of hydrogen-bond donors (Lipinski definition) is 0. The molecule has 0 amide bonds. The summed E-state index contributed by atoms with van der Waals surface area (Å²) in [6, 6.07) is 75.9. The molecule has 278 valence electrons. The number of aromatic nitrogens is 1. The smallest absolute Gasteiger partial charge is 0.129 e. The van der Waals surface area contributed by atoms with Crippen molar-refractivity contribution in [3.8, 4) is 67.1 Å². The molecule has 2 nitrogen and oxygen atoms in total. The van der Waals surface area contributed by atoms with Gasteiger partial charge in [-0.25, -0.2) is 0 Å². The van der Waals surface area contributed by atoms with Crippen LogP contribution in [0.4, 0.5) is 0 Å². The van der Waals surface area contributed by atoms with Crippen molar-refractivity contribution in [1.82, 2.24) is 4.57 Å². The fourth-order valence-electron chi connectivity index (χ4n) is 9.86. The van der Waals surface area contributed by atoms with Gasteiger partial charge in [0, 0.05) is 22.3 Å². The third-order valence-corrected chi connectivity index (χ3v) is 12.7. The van der Waals surface area contributed by atoms with Crippen LogP contribution in [0.2, 0.25) is 0 Å². The summed E-state index contributed by atoms with van der Waals surface area (Å²) in [7, 11) is 0. The van der Waals surface area contributed by atoms with Crippen LogP contribution in [-0.4, -0.2) is 4.57 Å². The van der Waals surface area contributed by atoms with E-state index >= 15 is 0 Å². The van der Waals surface area contributed by atoms with E-state index in [4.69, 9.17) is 4.74 Å². The van der Waals surface area contributed by atoms with Gasteiger partial charge in [0.2, 0.25) is 0 Å². The van der Waals surface area contributed by atoms with Gasteiger partial charge in [-0.1, -0.05) is 164 Å². The van der Waals surface area contributed by atoms with Crippen molar-refractivity contribution < 1.29 is 4.74 Å². The van der Waals surface area contributed by atoms with Crippen molar-refractivity contribution in [2.24, 2.45) is 0 Å². The summed E-state index contributed by atoms with van der Waals surface area (Å²) in [5.74, 6) is 1.17. The van der Waals surface area contributed by atoms with Crippen LogP contribution in [0.25, 0.3) is 83.1 Å². The lowest BCUT2D eigenvalue weighted by Gasteiger charge is -2.29. The van der Waals surface area contributed by atoms with E-state index in [-0.39, 0.29) is 5.92 Å². The molecule has 1 atom stereocenters. The Hall–Kier alpha value is -7.42. The highest BCUT2D eigenvalue weighted by Gasteiger charge is 2.28. The van der Waals surface area contributed by atoms with Crippen molar-refractivity contribution in [2.45, 2.75) is 18.9 Å². The maximum Gasteiger partial charge on any atom is 0.129 e. The average Bonchev–Trinajstić information content (AvgIpc) is 3.64. The zero-order chi connectivity index (χ0) is 38.9. The van der Waals surface area contributed by atoms with Crippen molar-refractivity contribution in [3.63, 3.8) is 0 Å². The zero-order valence-corrected chi connectivity index (χ0v) is 32.5. The van der Waals surface area contributed by atoms with Crippen molar-refractivity contribution in [2.75, 3.05) is 0 Å². The molecule has 59 heavy (non-hydrogen) atoms. The van der Waals surface area contributed by atoms with Gasteiger partial charge in [-0.05, 0) is 121 Å². The minimum Gasteiger partial charge on any atom is -0.488 e. The molecule has 1 aliphatic carbocycles. The summed E-state index contributed by atoms with van der Waals surface area (Å²) in [4.78, 5) is 0. The maximum atomic E-state index is 6.33. The van der Waals surface area contributed by atoms with Crippen LogP contribution in [0.5, 0.6) is 5.75 Å². The Bertz CT molecular complexity index is 3190. The molecule has 2 aliphatic rings. The number of hydrogen-bond acceptors (Lipinski definition) is 1. The number of rotatable bonds is 5. The first kappa shape index (κ1) is 33.7. The van der Waals surface area contributed by atoms with E-state index in [1.807, 2.05) is 0 Å². The summed E-state index contributed by atoms with van der Waals surface area (Å²) in [5.41, 5.74) is 21.3. The first-order chi connectivity index (χ1) is 29.2. The summed E-state index contributed by atoms with van der Waals surface area (Å²) in [6.45, 7) is 0.589. The Labute approximate surface area is 344 Å². The van der Waals surface area contributed by atoms with Crippen LogP contribution in [0.1, 0.15) is 28.2 Å². The minimum atomic E-state index is 0.235. The van der Waals surface area contributed by atoms with Crippen LogP contribution in [0.15, 0.2) is 206 Å². The molecular weight excluding hydrogens is 715 g/mol. The molecule has 0 fully saturated rings. The van der Waals surface area contributed by atoms with Gasteiger partial charge in [0.05, 0.1) is 16.7 Å². The molecule has 1 aromatic heterocycles. The van der Waals surface area contributed by atoms with Crippen LogP contribution in [0, 0.1) is 0 Å². The quantitative estimate of drug-likeness (QED) is 0.171. The fraction of sp³-hybridized carbons (Fsp3) is 0.0526. The Balaban J connectivity index is 0.968. The molecule has 0 N–H and O–H groups in total. The summed E-state index contributed by atoms with van der Waals surface area (Å²) < 4.78 is 8.75. The van der Waals surface area contributed by atoms with Crippen molar-refractivity contribution in [3.05, 3.63) is 229 Å². The van der Waals surface area contributed by atoms with E-state index < -0.39 is 0 Å². The average molecular weight is 754 g/mol. The van der Waals surface area contributed by atoms with Gasteiger partial charge >= 0.3 is 0 Å². The predicted molar refractivity (Wildman–Crippen MR) is 244 cm³/mol. The molecule has 1 aliphatic heterocycles. The van der Waals surface area contributed by atoms with E-state index in [0.717, 1.165) is 23.4 Å². The van der Waals surface area contributed by atoms with Gasteiger partial charge in [-0.15, -0.1) is 0 Å². The Morgan fingerprint density at radius 1 is 0.407 bits per heavy atom. The molecular formula is C57H39NO. The second kappa shape index (κ2) is 13.6. The lowest BCUT2D eigenvalue weighted by Crippen LogP contribution is -2.13. The highest BCUT2D eigenvalue weighted by molar-refractivity contribution is 6.11. The molecule has 0 saturated carbocycles. The van der Waals surface area contributed by atoms with Gasteiger partial charge in [0.25, 0.3) is 0 Å². The number of nitrogens with zero attached hydrogens (tertiary/aromatic N) is 1. The largest absolute Gasteiger partial charge is 0.488 e. The monoisotopic (exact) mass is 753 g/mol. The molecule has 2 heterocycles. The van der Waals surface area contributed by atoms with E-state index in [0.29, 0.717) is 6.61 Å². The van der Waals surface area contributed by atoms with Gasteiger partial charge in [0.15, 0.2) is 0 Å². The molecule has 10 aromatic rings. The Morgan fingerprint density at radius 3 is 1.88 bits per heavy atom. The van der Waals surface area contributed by atoms with Crippen LogP contribution >= 0.6 is 0 Å². The van der Waals surface area contributed by atoms with Crippen molar-refractivity contribution in [1.29, 1.82) is 0 Å². The first-order valence-electron chi connectivity index (χ1n) is 20.6. The fourth-order valence-corrected chi connectivity index (χ4v) is 9.86. The third kappa shape index (κ3) is 5.56. The Kier molecular flexibility index (Phi) is 7.77. The predicted octanol–water partition coefficient (Wildman–Crippen LogP) is 14.7. The van der Waals surface area contributed by atoms with Crippen LogP contribution in [0.3, 0.4) is 0 Å². The van der Waals surface area contributed by atoms with Crippen LogP contribution in [-0.2, 0) is 13.0 Å². The Morgan fingerprint density at radius 2 is 1.07 bits per heavy atom. The van der Waals surface area contributed by atoms with Crippen LogP contribution < -0.4 is 4.74 Å². The summed E-state index contributed by atoms with van der Waals surface area (Å²) in [5, 5.41) is 2.48. The molecule has 0 spiro atoms.